The average molecular weight is 599 g/mol. The first-order chi connectivity index (χ1) is 19.7. The van der Waals surface area contributed by atoms with Crippen molar-refractivity contribution in [1.29, 1.82) is 0 Å². The lowest BCUT2D eigenvalue weighted by molar-refractivity contribution is 0.0877. The Bertz CT molecular complexity index is 1340. The molecule has 1 aliphatic carbocycles. The van der Waals surface area contributed by atoms with E-state index in [0.717, 1.165) is 67.5 Å². The lowest BCUT2D eigenvalue weighted by Crippen LogP contribution is -2.47. The van der Waals surface area contributed by atoms with Crippen molar-refractivity contribution < 1.29 is 14.3 Å². The van der Waals surface area contributed by atoms with Crippen LogP contribution in [-0.4, -0.2) is 55.2 Å². The maximum absolute atomic E-state index is 13.5. The number of nitrogens with one attached hydrogen (secondary N) is 1. The fourth-order valence-electron chi connectivity index (χ4n) is 5.16. The van der Waals surface area contributed by atoms with E-state index in [2.05, 4.69) is 24.1 Å². The van der Waals surface area contributed by atoms with Crippen LogP contribution in [0.5, 0.6) is 11.5 Å². The van der Waals surface area contributed by atoms with E-state index < -0.39 is 0 Å². The summed E-state index contributed by atoms with van der Waals surface area (Å²) in [5.41, 5.74) is 3.10. The van der Waals surface area contributed by atoms with Gasteiger partial charge in [0.1, 0.15) is 17.2 Å². The highest BCUT2D eigenvalue weighted by molar-refractivity contribution is 6.33. The number of hydrogen-bond donors (Lipinski definition) is 1. The molecule has 1 saturated carbocycles. The summed E-state index contributed by atoms with van der Waals surface area (Å²) in [4.78, 5) is 20.5. The predicted octanol–water partition coefficient (Wildman–Crippen LogP) is 8.29. The number of rotatable bonds is 12. The van der Waals surface area contributed by atoms with Gasteiger partial charge < -0.3 is 19.7 Å². The first-order valence-corrected chi connectivity index (χ1v) is 15.3. The van der Waals surface area contributed by atoms with Gasteiger partial charge in [-0.05, 0) is 89.2 Å². The van der Waals surface area contributed by atoms with E-state index >= 15 is 0 Å². The Labute approximate surface area is 254 Å². The van der Waals surface area contributed by atoms with Gasteiger partial charge in [0.05, 0.1) is 23.9 Å². The summed E-state index contributed by atoms with van der Waals surface area (Å²) < 4.78 is 12.0. The molecule has 6 nitrogen and oxygen atoms in total. The summed E-state index contributed by atoms with van der Waals surface area (Å²) in [6, 6.07) is 14.9. The summed E-state index contributed by atoms with van der Waals surface area (Å²) in [7, 11) is 4.07. The third-order valence-corrected chi connectivity index (χ3v) is 8.05. The van der Waals surface area contributed by atoms with Crippen molar-refractivity contribution in [1.82, 2.24) is 15.2 Å². The van der Waals surface area contributed by atoms with Crippen LogP contribution in [0.1, 0.15) is 69.3 Å². The van der Waals surface area contributed by atoms with E-state index in [0.29, 0.717) is 40.4 Å². The number of aromatic nitrogens is 1. The van der Waals surface area contributed by atoms with Gasteiger partial charge in [-0.3, -0.25) is 4.79 Å². The standard InChI is InChI=1S/C33H41Cl2N3O3/c1-5-19-40-24-11-14-27(34)26(22-24)25-12-15-29(32(39)37-33(2)16-7-6-8-17-33)36-31(25)23-10-13-28(35)30(21-23)41-20-9-18-38(3)4/h10-15,21-22H,5-9,16-20H2,1-4H3,(H,37,39). The molecule has 220 valence electrons. The first kappa shape index (κ1) is 31.1. The lowest BCUT2D eigenvalue weighted by atomic mass is 9.83. The zero-order chi connectivity index (χ0) is 29.4. The van der Waals surface area contributed by atoms with Crippen LogP contribution >= 0.6 is 23.2 Å². The van der Waals surface area contributed by atoms with E-state index in [-0.39, 0.29) is 11.4 Å². The molecule has 0 aliphatic heterocycles. The molecule has 0 unspecified atom stereocenters. The monoisotopic (exact) mass is 597 g/mol. The van der Waals surface area contributed by atoms with Crippen molar-refractivity contribution in [2.75, 3.05) is 33.9 Å². The lowest BCUT2D eigenvalue weighted by Gasteiger charge is -2.34. The fraction of sp³-hybridized carbons (Fsp3) is 0.455. The summed E-state index contributed by atoms with van der Waals surface area (Å²) in [5, 5.41) is 4.35. The average Bonchev–Trinajstić information content (AvgIpc) is 2.95. The number of nitrogens with zero attached hydrogens (tertiary/aromatic N) is 2. The Balaban J connectivity index is 1.74. The van der Waals surface area contributed by atoms with Crippen LogP contribution in [0.4, 0.5) is 0 Å². The van der Waals surface area contributed by atoms with Crippen molar-refractivity contribution in [3.8, 4) is 33.9 Å². The number of pyridine rings is 1. The molecule has 1 fully saturated rings. The smallest absolute Gasteiger partial charge is 0.270 e. The third kappa shape index (κ3) is 8.37. The minimum absolute atomic E-state index is 0.178. The Hall–Kier alpha value is -2.80. The molecule has 8 heteroatoms. The Morgan fingerprint density at radius 3 is 2.44 bits per heavy atom. The van der Waals surface area contributed by atoms with Gasteiger partial charge in [-0.2, -0.15) is 0 Å². The fourth-order valence-corrected chi connectivity index (χ4v) is 5.55. The van der Waals surface area contributed by atoms with E-state index in [1.807, 2.05) is 56.6 Å². The summed E-state index contributed by atoms with van der Waals surface area (Å²) in [6.07, 6.45) is 7.14. The molecule has 4 rings (SSSR count). The Morgan fingerprint density at radius 2 is 1.71 bits per heavy atom. The number of amides is 1. The SMILES string of the molecule is CCCOc1ccc(Cl)c(-c2ccc(C(=O)NC3(C)CCCCC3)nc2-c2ccc(Cl)c(OCCCN(C)C)c2)c1. The number of benzene rings is 2. The minimum atomic E-state index is -0.224. The van der Waals surface area contributed by atoms with Crippen LogP contribution < -0.4 is 14.8 Å². The number of halogens is 2. The normalized spacial score (nSPS) is 14.6. The Morgan fingerprint density at radius 1 is 0.951 bits per heavy atom. The van der Waals surface area contributed by atoms with Gasteiger partial charge in [0.2, 0.25) is 0 Å². The van der Waals surface area contributed by atoms with E-state index in [1.54, 1.807) is 6.07 Å². The van der Waals surface area contributed by atoms with Crippen molar-refractivity contribution in [3.63, 3.8) is 0 Å². The molecule has 0 saturated heterocycles. The zero-order valence-corrected chi connectivity index (χ0v) is 26.1. The molecule has 1 aliphatic rings. The summed E-state index contributed by atoms with van der Waals surface area (Å²) in [5.74, 6) is 1.12. The highest BCUT2D eigenvalue weighted by atomic mass is 35.5. The highest BCUT2D eigenvalue weighted by Gasteiger charge is 2.29. The van der Waals surface area contributed by atoms with Gasteiger partial charge in [-0.15, -0.1) is 0 Å². The van der Waals surface area contributed by atoms with Crippen molar-refractivity contribution in [2.24, 2.45) is 0 Å². The van der Waals surface area contributed by atoms with Gasteiger partial charge in [0.15, 0.2) is 0 Å². The van der Waals surface area contributed by atoms with Crippen LogP contribution in [0.3, 0.4) is 0 Å². The maximum atomic E-state index is 13.5. The molecule has 1 N–H and O–H groups in total. The molecule has 1 heterocycles. The van der Waals surface area contributed by atoms with Crippen LogP contribution in [-0.2, 0) is 0 Å². The molecule has 0 spiro atoms. The number of hydrogen-bond acceptors (Lipinski definition) is 5. The molecule has 0 radical (unpaired) electrons. The minimum Gasteiger partial charge on any atom is -0.494 e. The van der Waals surface area contributed by atoms with Gasteiger partial charge >= 0.3 is 0 Å². The van der Waals surface area contributed by atoms with E-state index in [9.17, 15) is 4.79 Å². The molecule has 1 aromatic heterocycles. The van der Waals surface area contributed by atoms with E-state index in [1.165, 1.54) is 6.42 Å². The molecule has 2 aromatic carbocycles. The predicted molar refractivity (Wildman–Crippen MR) is 169 cm³/mol. The Kier molecular flexibility index (Phi) is 10.9. The second-order valence-corrected chi connectivity index (χ2v) is 12.1. The maximum Gasteiger partial charge on any atom is 0.270 e. The van der Waals surface area contributed by atoms with Gasteiger partial charge in [-0.25, -0.2) is 4.98 Å². The van der Waals surface area contributed by atoms with Crippen molar-refractivity contribution in [3.05, 3.63) is 64.3 Å². The third-order valence-electron chi connectivity index (χ3n) is 7.41. The second-order valence-electron chi connectivity index (χ2n) is 11.3. The largest absolute Gasteiger partial charge is 0.494 e. The van der Waals surface area contributed by atoms with Gasteiger partial charge in [0.25, 0.3) is 5.91 Å². The van der Waals surface area contributed by atoms with Crippen LogP contribution in [0.2, 0.25) is 10.0 Å². The van der Waals surface area contributed by atoms with Gasteiger partial charge in [0, 0.05) is 33.8 Å². The quantitative estimate of drug-likeness (QED) is 0.213. The van der Waals surface area contributed by atoms with Crippen molar-refractivity contribution in [2.45, 2.75) is 64.3 Å². The highest BCUT2D eigenvalue weighted by Crippen LogP contribution is 2.39. The number of carbonyl (C=O) groups excluding carboxylic acids is 1. The summed E-state index contributed by atoms with van der Waals surface area (Å²) >= 11 is 13.3. The molecule has 0 atom stereocenters. The van der Waals surface area contributed by atoms with Crippen LogP contribution in [0.15, 0.2) is 48.5 Å². The van der Waals surface area contributed by atoms with Gasteiger partial charge in [-0.1, -0.05) is 55.5 Å². The molecular weight excluding hydrogens is 557 g/mol. The molecule has 3 aromatic rings. The molecular formula is C33H41Cl2N3O3. The second kappa shape index (κ2) is 14.4. The number of ether oxygens (including phenoxy) is 2. The van der Waals surface area contributed by atoms with E-state index in [4.69, 9.17) is 37.7 Å². The molecule has 1 amide bonds. The van der Waals surface area contributed by atoms with Crippen molar-refractivity contribution >= 4 is 29.1 Å². The zero-order valence-electron chi connectivity index (χ0n) is 24.6. The first-order valence-electron chi connectivity index (χ1n) is 14.5. The molecule has 41 heavy (non-hydrogen) atoms. The van der Waals surface area contributed by atoms with Crippen LogP contribution in [0.25, 0.3) is 22.4 Å². The topological polar surface area (TPSA) is 63.7 Å². The number of carbonyl (C=O) groups is 1. The molecule has 0 bridgehead atoms. The summed E-state index contributed by atoms with van der Waals surface area (Å²) in [6.45, 7) is 6.24. The van der Waals surface area contributed by atoms with Crippen LogP contribution in [0, 0.1) is 0 Å².